The summed E-state index contributed by atoms with van der Waals surface area (Å²) in [6.07, 6.45) is 28.0. The van der Waals surface area contributed by atoms with E-state index in [0.29, 0.717) is 13.2 Å². The van der Waals surface area contributed by atoms with Crippen molar-refractivity contribution >= 4 is 11.9 Å². The van der Waals surface area contributed by atoms with E-state index in [-0.39, 0.29) is 11.9 Å². The summed E-state index contributed by atoms with van der Waals surface area (Å²) in [5.41, 5.74) is 0. The maximum atomic E-state index is 11.6. The molecule has 0 aromatic carbocycles. The Kier molecular flexibility index (Phi) is 24.4. The molecule has 0 aromatic heterocycles. The van der Waals surface area contributed by atoms with Crippen LogP contribution in [0.5, 0.6) is 0 Å². The summed E-state index contributed by atoms with van der Waals surface area (Å²) in [5, 5.41) is 0. The smallest absolute Gasteiger partial charge is 0.330 e. The summed E-state index contributed by atoms with van der Waals surface area (Å²) in [4.78, 5) is 23.3. The van der Waals surface area contributed by atoms with Gasteiger partial charge in [0, 0.05) is 12.2 Å². The molecule has 0 unspecified atom stereocenters. The molecule has 4 heteroatoms. The van der Waals surface area contributed by atoms with Crippen molar-refractivity contribution in [2.45, 2.75) is 129 Å². The highest BCUT2D eigenvalue weighted by molar-refractivity contribution is 5.84. The van der Waals surface area contributed by atoms with E-state index in [1.165, 1.54) is 114 Å². The van der Waals surface area contributed by atoms with Crippen molar-refractivity contribution in [3.8, 4) is 0 Å². The van der Waals surface area contributed by atoms with Gasteiger partial charge in [-0.15, -0.1) is 0 Å². The normalized spacial score (nSPS) is 11.4. The van der Waals surface area contributed by atoms with Crippen molar-refractivity contribution in [1.82, 2.24) is 0 Å². The lowest BCUT2D eigenvalue weighted by Gasteiger charge is -2.03. The molecule has 186 valence electrons. The number of allylic oxidation sites excluding steroid dienone is 2. The number of hydrogen-bond donors (Lipinski definition) is 0. The van der Waals surface area contributed by atoms with Crippen LogP contribution in [-0.2, 0) is 19.1 Å². The molecule has 32 heavy (non-hydrogen) atoms. The zero-order chi connectivity index (χ0) is 23.5. The minimum Gasteiger partial charge on any atom is -0.463 e. The summed E-state index contributed by atoms with van der Waals surface area (Å²) < 4.78 is 10.3. The van der Waals surface area contributed by atoms with Gasteiger partial charge in [0.15, 0.2) is 0 Å². The Morgan fingerprint density at radius 2 is 0.750 bits per heavy atom. The second-order valence-corrected chi connectivity index (χ2v) is 8.71. The molecule has 0 aliphatic heterocycles. The Morgan fingerprint density at radius 1 is 0.469 bits per heavy atom. The highest BCUT2D eigenvalue weighted by Gasteiger charge is 1.98. The van der Waals surface area contributed by atoms with Crippen molar-refractivity contribution in [2.24, 2.45) is 0 Å². The number of rotatable bonds is 23. The van der Waals surface area contributed by atoms with E-state index in [0.717, 1.165) is 25.7 Å². The van der Waals surface area contributed by atoms with Gasteiger partial charge in [0.25, 0.3) is 0 Å². The Labute approximate surface area is 198 Å². The third-order valence-corrected chi connectivity index (χ3v) is 5.56. The summed E-state index contributed by atoms with van der Waals surface area (Å²) in [6, 6.07) is 0. The summed E-state index contributed by atoms with van der Waals surface area (Å²) in [6.45, 7) is 5.40. The molecule has 0 heterocycles. The predicted octanol–water partition coefficient (Wildman–Crippen LogP) is 8.25. The number of esters is 2. The Hall–Kier alpha value is -1.58. The van der Waals surface area contributed by atoms with Crippen LogP contribution in [0.15, 0.2) is 24.3 Å². The van der Waals surface area contributed by atoms with Crippen LogP contribution in [0.25, 0.3) is 0 Å². The van der Waals surface area contributed by atoms with Gasteiger partial charge < -0.3 is 9.47 Å². The average molecular weight is 451 g/mol. The van der Waals surface area contributed by atoms with E-state index in [2.05, 4.69) is 13.8 Å². The lowest BCUT2D eigenvalue weighted by molar-refractivity contribution is -0.138. The number of carbonyl (C=O) groups excluding carboxylic acids is 2. The van der Waals surface area contributed by atoms with E-state index >= 15 is 0 Å². The van der Waals surface area contributed by atoms with Crippen LogP contribution in [0.3, 0.4) is 0 Å². The molecule has 0 aliphatic rings. The first-order valence-electron chi connectivity index (χ1n) is 13.4. The van der Waals surface area contributed by atoms with E-state index in [1.807, 2.05) is 0 Å². The van der Waals surface area contributed by atoms with Crippen molar-refractivity contribution in [3.63, 3.8) is 0 Å². The predicted molar refractivity (Wildman–Crippen MR) is 135 cm³/mol. The minimum atomic E-state index is -0.364. The van der Waals surface area contributed by atoms with Crippen LogP contribution >= 0.6 is 0 Å². The van der Waals surface area contributed by atoms with Gasteiger partial charge in [-0.1, -0.05) is 129 Å². The molecular formula is C28H50O4. The molecule has 0 N–H and O–H groups in total. The SMILES string of the molecule is CCCCCCCCCCCOC(=O)/C=C/C=C/C(=O)OCCCCCCCCCCC. The van der Waals surface area contributed by atoms with E-state index in [4.69, 9.17) is 9.47 Å². The van der Waals surface area contributed by atoms with E-state index in [9.17, 15) is 9.59 Å². The van der Waals surface area contributed by atoms with Gasteiger partial charge in [0.05, 0.1) is 13.2 Å². The number of carbonyl (C=O) groups is 2. The minimum absolute atomic E-state index is 0.364. The Morgan fingerprint density at radius 3 is 1.06 bits per heavy atom. The number of unbranched alkanes of at least 4 members (excludes halogenated alkanes) is 16. The number of ether oxygens (including phenoxy) is 2. The molecule has 4 nitrogen and oxygen atoms in total. The fraction of sp³-hybridized carbons (Fsp3) is 0.786. The molecule has 0 rings (SSSR count). The Bertz CT molecular complexity index is 438. The molecule has 0 atom stereocenters. The molecule has 0 saturated heterocycles. The summed E-state index contributed by atoms with van der Waals surface area (Å²) >= 11 is 0. The maximum Gasteiger partial charge on any atom is 0.330 e. The van der Waals surface area contributed by atoms with Crippen molar-refractivity contribution < 1.29 is 19.1 Å². The van der Waals surface area contributed by atoms with Crippen LogP contribution in [-0.4, -0.2) is 25.2 Å². The lowest BCUT2D eigenvalue weighted by Crippen LogP contribution is -2.03. The molecule has 0 fully saturated rings. The van der Waals surface area contributed by atoms with Gasteiger partial charge in [-0.3, -0.25) is 0 Å². The molecule has 0 spiro atoms. The van der Waals surface area contributed by atoms with Gasteiger partial charge >= 0.3 is 11.9 Å². The fourth-order valence-electron chi connectivity index (χ4n) is 3.54. The van der Waals surface area contributed by atoms with Crippen molar-refractivity contribution in [1.29, 1.82) is 0 Å². The van der Waals surface area contributed by atoms with Gasteiger partial charge in [-0.05, 0) is 12.8 Å². The van der Waals surface area contributed by atoms with Crippen LogP contribution < -0.4 is 0 Å². The second-order valence-electron chi connectivity index (χ2n) is 8.71. The molecule has 0 aromatic rings. The van der Waals surface area contributed by atoms with E-state index in [1.54, 1.807) is 0 Å². The third kappa shape index (κ3) is 24.7. The molecular weight excluding hydrogens is 400 g/mol. The van der Waals surface area contributed by atoms with Crippen molar-refractivity contribution in [3.05, 3.63) is 24.3 Å². The lowest BCUT2D eigenvalue weighted by atomic mass is 10.1. The average Bonchev–Trinajstić information content (AvgIpc) is 2.79. The third-order valence-electron chi connectivity index (χ3n) is 5.56. The quantitative estimate of drug-likeness (QED) is 0.0680. The Balaban J connectivity index is 3.48. The highest BCUT2D eigenvalue weighted by Crippen LogP contribution is 2.10. The molecule has 0 radical (unpaired) electrons. The van der Waals surface area contributed by atoms with Gasteiger partial charge in [0.2, 0.25) is 0 Å². The highest BCUT2D eigenvalue weighted by atomic mass is 16.5. The first-order valence-corrected chi connectivity index (χ1v) is 13.4. The topological polar surface area (TPSA) is 52.6 Å². The maximum absolute atomic E-state index is 11.6. The molecule has 0 amide bonds. The van der Waals surface area contributed by atoms with Crippen LogP contribution in [0.1, 0.15) is 129 Å². The molecule has 0 bridgehead atoms. The molecule has 0 aliphatic carbocycles. The zero-order valence-corrected chi connectivity index (χ0v) is 21.1. The van der Waals surface area contributed by atoms with Gasteiger partial charge in [-0.2, -0.15) is 0 Å². The first kappa shape index (κ1) is 30.4. The number of hydrogen-bond acceptors (Lipinski definition) is 4. The largest absolute Gasteiger partial charge is 0.463 e. The van der Waals surface area contributed by atoms with Gasteiger partial charge in [-0.25, -0.2) is 9.59 Å². The van der Waals surface area contributed by atoms with Crippen LogP contribution in [0.2, 0.25) is 0 Å². The zero-order valence-electron chi connectivity index (χ0n) is 21.1. The standard InChI is InChI=1S/C28H50O4/c1-3-5-7-9-11-13-15-17-21-25-31-27(29)23-19-20-24-28(30)32-26-22-18-16-14-12-10-8-6-4-2/h19-20,23-24H,3-18,21-22,25-26H2,1-2H3/b23-19+,24-20+. The monoisotopic (exact) mass is 450 g/mol. The fourth-order valence-corrected chi connectivity index (χ4v) is 3.54. The van der Waals surface area contributed by atoms with E-state index < -0.39 is 0 Å². The van der Waals surface area contributed by atoms with Crippen molar-refractivity contribution in [2.75, 3.05) is 13.2 Å². The van der Waals surface area contributed by atoms with Crippen LogP contribution in [0, 0.1) is 0 Å². The van der Waals surface area contributed by atoms with Crippen LogP contribution in [0.4, 0.5) is 0 Å². The summed E-state index contributed by atoms with van der Waals surface area (Å²) in [5.74, 6) is -0.727. The molecule has 0 saturated carbocycles. The summed E-state index contributed by atoms with van der Waals surface area (Å²) in [7, 11) is 0. The second kappa shape index (κ2) is 25.7. The van der Waals surface area contributed by atoms with Gasteiger partial charge in [0.1, 0.15) is 0 Å². The first-order chi connectivity index (χ1) is 15.7.